The maximum atomic E-state index is 11.1. The Hall–Kier alpha value is 0.520. The number of hydrogen-bond acceptors (Lipinski definition) is 5. The van der Waals surface area contributed by atoms with Gasteiger partial charge in [0.2, 0.25) is 0 Å². The van der Waals surface area contributed by atoms with Crippen LogP contribution >= 0.6 is 19.5 Å². The van der Waals surface area contributed by atoms with Crippen LogP contribution in [-0.2, 0) is 4.08 Å². The van der Waals surface area contributed by atoms with Crippen molar-refractivity contribution in [3.05, 3.63) is 0 Å². The molecule has 0 amide bonds. The van der Waals surface area contributed by atoms with Crippen LogP contribution in [0.4, 0.5) is 0 Å². The summed E-state index contributed by atoms with van der Waals surface area (Å²) in [5.74, 6) is 0. The fourth-order valence-electron chi connectivity index (χ4n) is 3.00. The summed E-state index contributed by atoms with van der Waals surface area (Å²) in [6.07, 6.45) is 0. The molecule has 0 aliphatic rings. The summed E-state index contributed by atoms with van der Waals surface area (Å²) in [5.41, 5.74) is 0. The van der Waals surface area contributed by atoms with Crippen molar-refractivity contribution in [3.8, 4) is 0 Å². The van der Waals surface area contributed by atoms with Crippen LogP contribution in [0.5, 0.6) is 0 Å². The van der Waals surface area contributed by atoms with Gasteiger partial charge < -0.3 is 0 Å². The summed E-state index contributed by atoms with van der Waals surface area (Å²) in [6, 6.07) is -0.476. The van der Waals surface area contributed by atoms with Crippen molar-refractivity contribution >= 4 is 19.5 Å². The topological polar surface area (TPSA) is 56.2 Å². The predicted octanol–water partition coefficient (Wildman–Crippen LogP) is 3.51. The average molecular weight is 317 g/mol. The third kappa shape index (κ3) is 3.79. The van der Waals surface area contributed by atoms with Crippen LogP contribution in [0, 0.1) is 0 Å². The Labute approximate surface area is 122 Å². The predicted molar refractivity (Wildman–Crippen MR) is 82.5 cm³/mol. The van der Waals surface area contributed by atoms with E-state index in [-0.39, 0.29) is 24.2 Å². The zero-order chi connectivity index (χ0) is 15.6. The molecule has 0 aromatic carbocycles. The van der Waals surface area contributed by atoms with Gasteiger partial charge in [0.1, 0.15) is 0 Å². The second-order valence-electron chi connectivity index (χ2n) is 6.07. The van der Waals surface area contributed by atoms with E-state index >= 15 is 0 Å². The summed E-state index contributed by atoms with van der Waals surface area (Å²) < 4.78 is 8.00. The van der Waals surface area contributed by atoms with Crippen molar-refractivity contribution < 1.29 is 13.9 Å². The van der Waals surface area contributed by atoms with Crippen molar-refractivity contribution in [2.45, 2.75) is 79.6 Å². The van der Waals surface area contributed by atoms with Crippen LogP contribution in [0.2, 0.25) is 0 Å². The van der Waals surface area contributed by atoms with Crippen LogP contribution in [-0.4, -0.2) is 43.3 Å². The van der Waals surface area contributed by atoms with E-state index in [9.17, 15) is 9.79 Å². The molecule has 0 spiro atoms. The molecule has 0 aromatic rings. The van der Waals surface area contributed by atoms with Gasteiger partial charge in [0.15, 0.2) is 0 Å². The molecular formula is C12H30ClN2O3P. The van der Waals surface area contributed by atoms with Gasteiger partial charge in [-0.2, -0.15) is 0 Å². The Balaban J connectivity index is 5.98. The van der Waals surface area contributed by atoms with Crippen molar-refractivity contribution in [1.29, 1.82) is 0 Å². The van der Waals surface area contributed by atoms with E-state index in [4.69, 9.17) is 15.9 Å². The molecule has 0 saturated heterocycles. The monoisotopic (exact) mass is 316 g/mol. The van der Waals surface area contributed by atoms with Gasteiger partial charge in [-0.25, -0.2) is 0 Å². The summed E-state index contributed by atoms with van der Waals surface area (Å²) in [4.78, 5) is 22.1. The Kier molecular flexibility index (Phi) is 6.70. The summed E-state index contributed by atoms with van der Waals surface area (Å²) in [6.45, 7) is 15.1. The molecule has 0 rings (SSSR count). The van der Waals surface area contributed by atoms with Gasteiger partial charge in [-0.1, -0.05) is 0 Å². The fourth-order valence-corrected chi connectivity index (χ4v) is 7.04. The van der Waals surface area contributed by atoms with E-state index < -0.39 is 7.59 Å². The molecule has 0 unspecified atom stereocenters. The molecule has 19 heavy (non-hydrogen) atoms. The van der Waals surface area contributed by atoms with Gasteiger partial charge in [-0.15, -0.1) is 0 Å². The first-order valence-corrected chi connectivity index (χ1v) is 9.06. The minimum absolute atomic E-state index is 0.119. The SMILES string of the molecule is CC(C)N(C(C)C)P(O)(O)(OCl)N(C(C)C)C(C)C. The van der Waals surface area contributed by atoms with Crippen LogP contribution < -0.4 is 0 Å². The minimum atomic E-state index is -4.79. The van der Waals surface area contributed by atoms with E-state index in [1.54, 1.807) is 9.34 Å². The second kappa shape index (κ2) is 6.52. The number of hydrogen-bond donors (Lipinski definition) is 2. The number of halogens is 1. The van der Waals surface area contributed by atoms with Gasteiger partial charge in [0.05, 0.1) is 0 Å². The second-order valence-corrected chi connectivity index (χ2v) is 9.27. The van der Waals surface area contributed by atoms with E-state index in [2.05, 4.69) is 0 Å². The van der Waals surface area contributed by atoms with E-state index in [0.29, 0.717) is 0 Å². The first-order chi connectivity index (χ1) is 8.39. The Morgan fingerprint density at radius 3 is 1.05 bits per heavy atom. The Morgan fingerprint density at radius 1 is 0.737 bits per heavy atom. The normalized spacial score (nSPS) is 16.2. The molecular weight excluding hydrogens is 287 g/mol. The van der Waals surface area contributed by atoms with Crippen LogP contribution in [0.15, 0.2) is 0 Å². The molecule has 0 atom stereocenters. The molecule has 5 nitrogen and oxygen atoms in total. The van der Waals surface area contributed by atoms with Gasteiger partial charge in [0, 0.05) is 0 Å². The third-order valence-electron chi connectivity index (χ3n) is 3.05. The van der Waals surface area contributed by atoms with Crippen LogP contribution in [0.25, 0.3) is 0 Å². The summed E-state index contributed by atoms with van der Waals surface area (Å²) >= 11 is 5.59. The van der Waals surface area contributed by atoms with Crippen molar-refractivity contribution in [2.24, 2.45) is 0 Å². The standard InChI is InChI=1S/C12H30ClN2O3P/c1-9(2)14(10(3)4)19(16,17,18-13)15(11(5)6)12(7)8/h9-12,16-17H,1-8H3. The zero-order valence-corrected chi connectivity index (χ0v) is 15.0. The first-order valence-electron chi connectivity index (χ1n) is 6.79. The number of nitrogens with zero attached hydrogens (tertiary/aromatic N) is 2. The fraction of sp³-hybridized carbons (Fsp3) is 1.00. The molecule has 0 aliphatic heterocycles. The van der Waals surface area contributed by atoms with Gasteiger partial charge in [-0.3, -0.25) is 0 Å². The first kappa shape index (κ1) is 19.5. The molecule has 0 fully saturated rings. The average Bonchev–Trinajstić information content (AvgIpc) is 2.13. The van der Waals surface area contributed by atoms with Gasteiger partial charge >= 0.3 is 122 Å². The molecule has 0 radical (unpaired) electrons. The van der Waals surface area contributed by atoms with Gasteiger partial charge in [0.25, 0.3) is 0 Å². The molecule has 7 heteroatoms. The maximum absolute atomic E-state index is 11.1. The van der Waals surface area contributed by atoms with E-state index in [1.165, 1.54) is 0 Å². The van der Waals surface area contributed by atoms with Crippen molar-refractivity contribution in [1.82, 2.24) is 9.34 Å². The molecule has 118 valence electrons. The Morgan fingerprint density at radius 2 is 0.947 bits per heavy atom. The molecule has 0 aliphatic carbocycles. The summed E-state index contributed by atoms with van der Waals surface area (Å²) in [7, 11) is -4.79. The molecule has 2 N–H and O–H groups in total. The number of rotatable bonds is 7. The molecule has 0 aromatic heterocycles. The third-order valence-corrected chi connectivity index (χ3v) is 7.50. The zero-order valence-electron chi connectivity index (χ0n) is 13.3. The van der Waals surface area contributed by atoms with Crippen LogP contribution in [0.3, 0.4) is 0 Å². The van der Waals surface area contributed by atoms with E-state index in [1.807, 2.05) is 55.4 Å². The van der Waals surface area contributed by atoms with Crippen molar-refractivity contribution in [3.63, 3.8) is 0 Å². The van der Waals surface area contributed by atoms with E-state index in [0.717, 1.165) is 0 Å². The van der Waals surface area contributed by atoms with Crippen LogP contribution in [0.1, 0.15) is 55.4 Å². The quantitative estimate of drug-likeness (QED) is 0.704. The Bertz CT molecular complexity index is 259. The molecule has 0 heterocycles. The molecule has 0 bridgehead atoms. The van der Waals surface area contributed by atoms with Gasteiger partial charge in [-0.05, 0) is 0 Å². The molecule has 0 saturated carbocycles. The summed E-state index contributed by atoms with van der Waals surface area (Å²) in [5, 5.41) is 0. The van der Waals surface area contributed by atoms with Crippen molar-refractivity contribution in [2.75, 3.05) is 0 Å².